The van der Waals surface area contributed by atoms with Crippen molar-refractivity contribution in [2.24, 2.45) is 0 Å². The van der Waals surface area contributed by atoms with E-state index in [2.05, 4.69) is 9.71 Å². The summed E-state index contributed by atoms with van der Waals surface area (Å²) in [6.07, 6.45) is 0. The monoisotopic (exact) mass is 330 g/mol. The average molecular weight is 330 g/mol. The molecule has 0 amide bonds. The highest BCUT2D eigenvalue weighted by molar-refractivity contribution is 7.88. The third-order valence-electron chi connectivity index (χ3n) is 3.66. The molecule has 23 heavy (non-hydrogen) atoms. The van der Waals surface area contributed by atoms with Crippen molar-refractivity contribution >= 4 is 21.1 Å². The molecule has 6 heteroatoms. The largest absolute Gasteiger partial charge is 0.441 e. The molecule has 1 N–H and O–H groups in total. The zero-order valence-electron chi connectivity index (χ0n) is 13.0. The van der Waals surface area contributed by atoms with Gasteiger partial charge in [-0.1, -0.05) is 30.3 Å². The first-order valence-corrected chi connectivity index (χ1v) is 8.96. The Hall–Kier alpha value is -2.18. The Morgan fingerprint density at radius 3 is 2.70 bits per heavy atom. The first-order chi connectivity index (χ1) is 10.9. The number of hydrogen-bond acceptors (Lipinski definition) is 4. The molecule has 0 aliphatic carbocycles. The van der Waals surface area contributed by atoms with Gasteiger partial charge in [-0.05, 0) is 35.7 Å². The first-order valence-electron chi connectivity index (χ1n) is 7.31. The van der Waals surface area contributed by atoms with E-state index in [9.17, 15) is 8.42 Å². The molecule has 1 aromatic heterocycles. The summed E-state index contributed by atoms with van der Waals surface area (Å²) in [5, 5.41) is 0. The normalized spacial score (nSPS) is 11.9. The predicted octanol–water partition coefficient (Wildman–Crippen LogP) is 3.06. The van der Waals surface area contributed by atoms with Crippen LogP contribution in [0.25, 0.3) is 11.1 Å². The van der Waals surface area contributed by atoms with Crippen molar-refractivity contribution in [1.29, 1.82) is 0 Å². The zero-order valence-corrected chi connectivity index (χ0v) is 13.9. The maximum absolute atomic E-state index is 12.2. The molecule has 3 aromatic rings. The van der Waals surface area contributed by atoms with Gasteiger partial charge in [0.2, 0.25) is 10.0 Å². The Kier molecular flexibility index (Phi) is 4.19. The van der Waals surface area contributed by atoms with Gasteiger partial charge in [0, 0.05) is 13.5 Å². The Morgan fingerprint density at radius 1 is 1.13 bits per heavy atom. The molecule has 0 atom stereocenters. The fourth-order valence-corrected chi connectivity index (χ4v) is 3.64. The topological polar surface area (TPSA) is 72.2 Å². The summed E-state index contributed by atoms with van der Waals surface area (Å²) in [5.41, 5.74) is 4.06. The molecule has 0 spiro atoms. The van der Waals surface area contributed by atoms with Crippen LogP contribution >= 0.6 is 0 Å². The van der Waals surface area contributed by atoms with E-state index < -0.39 is 10.0 Å². The molecule has 0 saturated heterocycles. The van der Waals surface area contributed by atoms with E-state index >= 15 is 0 Å². The lowest BCUT2D eigenvalue weighted by Crippen LogP contribution is -2.25. The van der Waals surface area contributed by atoms with Crippen LogP contribution in [-0.4, -0.2) is 13.4 Å². The van der Waals surface area contributed by atoms with Gasteiger partial charge in [0.25, 0.3) is 0 Å². The molecule has 120 valence electrons. The van der Waals surface area contributed by atoms with Crippen LogP contribution in [0.3, 0.4) is 0 Å². The van der Waals surface area contributed by atoms with Crippen molar-refractivity contribution in [2.75, 3.05) is 0 Å². The highest BCUT2D eigenvalue weighted by Crippen LogP contribution is 2.17. The highest BCUT2D eigenvalue weighted by atomic mass is 32.2. The number of benzene rings is 2. The van der Waals surface area contributed by atoms with Crippen LogP contribution in [0.4, 0.5) is 0 Å². The minimum absolute atomic E-state index is 0.0228. The fraction of sp³-hybridized carbons (Fsp3) is 0.235. The van der Waals surface area contributed by atoms with E-state index in [1.807, 2.05) is 43.3 Å². The summed E-state index contributed by atoms with van der Waals surface area (Å²) in [7, 11) is -3.40. The van der Waals surface area contributed by atoms with Gasteiger partial charge in [0.15, 0.2) is 11.5 Å². The van der Waals surface area contributed by atoms with E-state index in [0.29, 0.717) is 11.5 Å². The molecule has 0 saturated carbocycles. The van der Waals surface area contributed by atoms with Crippen molar-refractivity contribution in [3.05, 3.63) is 65.0 Å². The number of aryl methyl sites for hydroxylation is 2. The number of nitrogens with one attached hydrogen (secondary N) is 1. The summed E-state index contributed by atoms with van der Waals surface area (Å²) < 4.78 is 32.5. The van der Waals surface area contributed by atoms with Gasteiger partial charge in [-0.3, -0.25) is 0 Å². The van der Waals surface area contributed by atoms with Gasteiger partial charge >= 0.3 is 0 Å². The maximum atomic E-state index is 12.2. The summed E-state index contributed by atoms with van der Waals surface area (Å²) >= 11 is 0. The van der Waals surface area contributed by atoms with E-state index in [-0.39, 0.29) is 12.3 Å². The lowest BCUT2D eigenvalue weighted by molar-refractivity contribution is 0.561. The van der Waals surface area contributed by atoms with Crippen molar-refractivity contribution in [1.82, 2.24) is 9.71 Å². The zero-order chi connectivity index (χ0) is 16.4. The molecular formula is C17H18N2O3S. The predicted molar refractivity (Wildman–Crippen MR) is 89.4 cm³/mol. The van der Waals surface area contributed by atoms with Crippen LogP contribution in [0.15, 0.2) is 46.9 Å². The minimum atomic E-state index is -3.40. The Labute approximate surface area is 135 Å². The smallest absolute Gasteiger partial charge is 0.216 e. The van der Waals surface area contributed by atoms with Crippen molar-refractivity contribution in [3.63, 3.8) is 0 Å². The van der Waals surface area contributed by atoms with E-state index in [0.717, 1.165) is 22.2 Å². The number of oxazole rings is 1. The lowest BCUT2D eigenvalue weighted by Gasteiger charge is -2.09. The highest BCUT2D eigenvalue weighted by Gasteiger charge is 2.13. The molecule has 0 aliphatic rings. The molecule has 0 radical (unpaired) electrons. The van der Waals surface area contributed by atoms with Crippen LogP contribution in [0.5, 0.6) is 0 Å². The van der Waals surface area contributed by atoms with Crippen LogP contribution in [-0.2, 0) is 22.3 Å². The van der Waals surface area contributed by atoms with E-state index in [1.165, 1.54) is 0 Å². The van der Waals surface area contributed by atoms with E-state index in [4.69, 9.17) is 4.42 Å². The number of sulfonamides is 1. The van der Waals surface area contributed by atoms with Gasteiger partial charge in [0.05, 0.1) is 5.75 Å². The number of fused-ring (bicyclic) bond motifs is 1. The molecule has 1 heterocycles. The van der Waals surface area contributed by atoms with Gasteiger partial charge in [-0.25, -0.2) is 18.1 Å². The quantitative estimate of drug-likeness (QED) is 0.780. The van der Waals surface area contributed by atoms with E-state index in [1.54, 1.807) is 13.0 Å². The SMILES string of the molecule is Cc1nc2cc(CNS(=O)(=O)Cc3ccccc3C)ccc2o1. The molecule has 0 fully saturated rings. The second-order valence-corrected chi connectivity index (χ2v) is 7.35. The Balaban J connectivity index is 1.71. The first kappa shape index (κ1) is 15.7. The molecule has 0 aliphatic heterocycles. The fourth-order valence-electron chi connectivity index (χ4n) is 2.42. The summed E-state index contributed by atoms with van der Waals surface area (Å²) in [6.45, 7) is 3.92. The molecule has 3 rings (SSSR count). The van der Waals surface area contributed by atoms with Crippen molar-refractivity contribution in [2.45, 2.75) is 26.1 Å². The number of nitrogens with zero attached hydrogens (tertiary/aromatic N) is 1. The average Bonchev–Trinajstić information content (AvgIpc) is 2.87. The summed E-state index contributed by atoms with van der Waals surface area (Å²) in [6, 6.07) is 13.0. The van der Waals surface area contributed by atoms with Crippen LogP contribution in [0.2, 0.25) is 0 Å². The number of aromatic nitrogens is 1. The Morgan fingerprint density at radius 2 is 1.91 bits per heavy atom. The molecular weight excluding hydrogens is 312 g/mol. The van der Waals surface area contributed by atoms with Gasteiger partial charge < -0.3 is 4.42 Å². The van der Waals surface area contributed by atoms with Gasteiger partial charge in [-0.2, -0.15) is 0 Å². The third-order valence-corrected chi connectivity index (χ3v) is 4.94. The number of hydrogen-bond donors (Lipinski definition) is 1. The van der Waals surface area contributed by atoms with Gasteiger partial charge in [0.1, 0.15) is 5.52 Å². The van der Waals surface area contributed by atoms with Crippen molar-refractivity contribution in [3.8, 4) is 0 Å². The van der Waals surface area contributed by atoms with Crippen LogP contribution in [0, 0.1) is 13.8 Å². The standard InChI is InChI=1S/C17H18N2O3S/c1-12-5-3-4-6-15(12)11-23(20,21)18-10-14-7-8-17-16(9-14)19-13(2)22-17/h3-9,18H,10-11H2,1-2H3. The lowest BCUT2D eigenvalue weighted by atomic mass is 10.1. The summed E-state index contributed by atoms with van der Waals surface area (Å²) in [5.74, 6) is 0.572. The number of rotatable bonds is 5. The Bertz CT molecular complexity index is 945. The molecule has 5 nitrogen and oxygen atoms in total. The van der Waals surface area contributed by atoms with Gasteiger partial charge in [-0.15, -0.1) is 0 Å². The molecule has 0 bridgehead atoms. The third kappa shape index (κ3) is 3.78. The molecule has 0 unspecified atom stereocenters. The minimum Gasteiger partial charge on any atom is -0.441 e. The molecule has 2 aromatic carbocycles. The maximum Gasteiger partial charge on any atom is 0.216 e. The van der Waals surface area contributed by atoms with Crippen LogP contribution in [0.1, 0.15) is 22.6 Å². The van der Waals surface area contributed by atoms with Crippen molar-refractivity contribution < 1.29 is 12.8 Å². The van der Waals surface area contributed by atoms with Crippen LogP contribution < -0.4 is 4.72 Å². The summed E-state index contributed by atoms with van der Waals surface area (Å²) in [4.78, 5) is 4.25. The second-order valence-electron chi connectivity index (χ2n) is 5.54. The second kappa shape index (κ2) is 6.14.